The van der Waals surface area contributed by atoms with E-state index < -0.39 is 51.1 Å². The van der Waals surface area contributed by atoms with Crippen LogP contribution in [0.1, 0.15) is 72.3 Å². The van der Waals surface area contributed by atoms with E-state index in [-0.39, 0.29) is 28.1 Å². The molecular weight excluding hydrogens is 492 g/mol. The smallest absolute Gasteiger partial charge is 0.333 e. The lowest BCUT2D eigenvalue weighted by molar-refractivity contribution is -0.260. The third-order valence-electron chi connectivity index (χ3n) is 11.0. The number of esters is 1. The summed E-state index contributed by atoms with van der Waals surface area (Å²) in [6, 6.07) is 6.23. The lowest BCUT2D eigenvalue weighted by atomic mass is 9.32. The molecule has 4 saturated carbocycles. The van der Waals surface area contributed by atoms with Crippen LogP contribution in [0.25, 0.3) is 0 Å². The normalized spacial score (nSPS) is 42.2. The molecular formula is C29H40O7S. The van der Waals surface area contributed by atoms with E-state index >= 15 is 0 Å². The summed E-state index contributed by atoms with van der Waals surface area (Å²) in [4.78, 5) is 26.4. The Labute approximate surface area is 220 Å². The lowest BCUT2D eigenvalue weighted by Crippen LogP contribution is -2.71. The molecule has 5 rings (SSSR count). The monoisotopic (exact) mass is 532 g/mol. The van der Waals surface area contributed by atoms with Crippen LogP contribution in [-0.4, -0.2) is 44.1 Å². The number of aliphatic hydroxyl groups excluding tert-OH is 1. The fourth-order valence-corrected chi connectivity index (χ4v) is 9.95. The highest BCUT2D eigenvalue weighted by molar-refractivity contribution is 7.86. The molecule has 8 heteroatoms. The average molecular weight is 533 g/mol. The molecule has 4 unspecified atom stereocenters. The Kier molecular flexibility index (Phi) is 6.06. The van der Waals surface area contributed by atoms with Crippen molar-refractivity contribution in [3.05, 3.63) is 29.8 Å². The van der Waals surface area contributed by atoms with Gasteiger partial charge in [-0.3, -0.25) is 8.98 Å². The highest BCUT2D eigenvalue weighted by Gasteiger charge is 2.81. The number of hydrogen-bond donors (Lipinski definition) is 1. The molecule has 8 atom stereocenters. The summed E-state index contributed by atoms with van der Waals surface area (Å²) < 4.78 is 36.5. The molecule has 7 nitrogen and oxygen atoms in total. The van der Waals surface area contributed by atoms with Gasteiger partial charge >= 0.3 is 5.97 Å². The van der Waals surface area contributed by atoms with Crippen molar-refractivity contribution in [3.63, 3.8) is 0 Å². The molecule has 0 saturated heterocycles. The van der Waals surface area contributed by atoms with Crippen LogP contribution < -0.4 is 0 Å². The van der Waals surface area contributed by atoms with Crippen molar-refractivity contribution in [2.75, 3.05) is 6.61 Å². The Balaban J connectivity index is 1.43. The van der Waals surface area contributed by atoms with Crippen molar-refractivity contribution in [3.8, 4) is 0 Å². The first-order valence-electron chi connectivity index (χ1n) is 13.5. The quantitative estimate of drug-likeness (QED) is 0.441. The van der Waals surface area contributed by atoms with E-state index in [1.165, 1.54) is 12.1 Å². The van der Waals surface area contributed by atoms with E-state index in [9.17, 15) is 23.1 Å². The van der Waals surface area contributed by atoms with E-state index in [1.54, 1.807) is 12.1 Å². The number of aryl methyl sites for hydroxylation is 1. The SMILES string of the molecule is Cc1ccc(S(=O)(=O)OCC(=O)O[C@@H]2CC(C)(C)C(O)[C@H](C)C34CCC(=O)C5(CC(C)[C@]2(C)[C@H]53)C4)cc1. The Morgan fingerprint density at radius 1 is 1.11 bits per heavy atom. The van der Waals surface area contributed by atoms with Crippen LogP contribution in [0.5, 0.6) is 0 Å². The molecule has 0 heterocycles. The van der Waals surface area contributed by atoms with Gasteiger partial charge in [-0.1, -0.05) is 52.3 Å². The molecule has 0 amide bonds. The summed E-state index contributed by atoms with van der Waals surface area (Å²) in [5, 5.41) is 11.5. The standard InChI is InChI=1S/C29H40O7S/c1-17-7-9-20(10-8-17)37(33,34)35-15-23(31)36-22-14-26(4,5)24(32)19(3)28-12-11-21(30)29(16-28)13-18(2)27(22,6)25(28)29/h7-10,18-19,22,24-25,32H,11-16H2,1-6H3/t18?,19-,22+,24?,25-,27-,28?,29?/m0/s1. The van der Waals surface area contributed by atoms with Gasteiger partial charge in [-0.05, 0) is 73.3 Å². The minimum absolute atomic E-state index is 0.0174. The summed E-state index contributed by atoms with van der Waals surface area (Å²) in [6.07, 6.45) is 2.11. The predicted octanol–water partition coefficient (Wildman–Crippen LogP) is 4.44. The zero-order chi connectivity index (χ0) is 27.2. The molecule has 0 aliphatic heterocycles. The van der Waals surface area contributed by atoms with Crippen LogP contribution in [0.15, 0.2) is 29.2 Å². The van der Waals surface area contributed by atoms with Gasteiger partial charge in [0.15, 0.2) is 6.61 Å². The number of rotatable bonds is 5. The fourth-order valence-electron chi connectivity index (χ4n) is 9.09. The fraction of sp³-hybridized carbons (Fsp3) is 0.724. The predicted molar refractivity (Wildman–Crippen MR) is 137 cm³/mol. The van der Waals surface area contributed by atoms with Crippen molar-refractivity contribution in [1.29, 1.82) is 0 Å². The summed E-state index contributed by atoms with van der Waals surface area (Å²) in [7, 11) is -4.12. The molecule has 1 aromatic carbocycles. The maximum atomic E-state index is 13.3. The molecule has 37 heavy (non-hydrogen) atoms. The van der Waals surface area contributed by atoms with Gasteiger partial charge in [-0.25, -0.2) is 4.79 Å². The largest absolute Gasteiger partial charge is 0.460 e. The van der Waals surface area contributed by atoms with Crippen LogP contribution in [0.2, 0.25) is 0 Å². The Morgan fingerprint density at radius 3 is 2.41 bits per heavy atom. The number of hydrogen-bond acceptors (Lipinski definition) is 7. The number of Topliss-reactive ketones (excluding diaryl/α,β-unsaturated/α-hetero) is 1. The van der Waals surface area contributed by atoms with Crippen molar-refractivity contribution in [2.45, 2.75) is 90.7 Å². The molecule has 4 fully saturated rings. The average Bonchev–Trinajstić information content (AvgIpc) is 3.01. The summed E-state index contributed by atoms with van der Waals surface area (Å²) in [5.41, 5.74) is -0.663. The molecule has 0 radical (unpaired) electrons. The van der Waals surface area contributed by atoms with Crippen LogP contribution in [0, 0.1) is 46.3 Å². The third kappa shape index (κ3) is 3.69. The van der Waals surface area contributed by atoms with Gasteiger partial charge in [0.25, 0.3) is 10.1 Å². The van der Waals surface area contributed by atoms with Crippen LogP contribution in [-0.2, 0) is 28.6 Å². The number of carbonyl (C=O) groups is 2. The number of ketones is 1. The van der Waals surface area contributed by atoms with Gasteiger partial charge in [0.05, 0.1) is 11.0 Å². The molecule has 204 valence electrons. The second-order valence-corrected chi connectivity index (χ2v) is 14.9. The molecule has 0 spiro atoms. The minimum atomic E-state index is -4.12. The van der Waals surface area contributed by atoms with Gasteiger partial charge in [0.2, 0.25) is 0 Å². The highest BCUT2D eigenvalue weighted by atomic mass is 32.2. The summed E-state index contributed by atoms with van der Waals surface area (Å²) in [6.45, 7) is 11.6. The second kappa shape index (κ2) is 8.36. The number of benzene rings is 1. The van der Waals surface area contributed by atoms with Crippen molar-refractivity contribution >= 4 is 21.9 Å². The summed E-state index contributed by atoms with van der Waals surface area (Å²) >= 11 is 0. The maximum absolute atomic E-state index is 13.3. The Morgan fingerprint density at radius 2 is 1.76 bits per heavy atom. The second-order valence-electron chi connectivity index (χ2n) is 13.3. The first kappa shape index (κ1) is 26.8. The van der Waals surface area contributed by atoms with Gasteiger partial charge < -0.3 is 9.84 Å². The van der Waals surface area contributed by atoms with Gasteiger partial charge in [0, 0.05) is 17.3 Å². The van der Waals surface area contributed by atoms with Gasteiger partial charge in [0.1, 0.15) is 11.9 Å². The van der Waals surface area contributed by atoms with Crippen LogP contribution in [0.3, 0.4) is 0 Å². The zero-order valence-corrected chi connectivity index (χ0v) is 23.6. The zero-order valence-electron chi connectivity index (χ0n) is 22.7. The van der Waals surface area contributed by atoms with Crippen LogP contribution >= 0.6 is 0 Å². The topological polar surface area (TPSA) is 107 Å². The van der Waals surface area contributed by atoms with E-state index in [4.69, 9.17) is 8.92 Å². The molecule has 4 aliphatic rings. The highest BCUT2D eigenvalue weighted by Crippen LogP contribution is 2.82. The number of aliphatic hydroxyl groups is 1. The Hall–Kier alpha value is -1.77. The van der Waals surface area contributed by atoms with Crippen molar-refractivity contribution < 1.29 is 32.0 Å². The summed E-state index contributed by atoms with van der Waals surface area (Å²) in [5.74, 6) is -0.250. The third-order valence-corrected chi connectivity index (χ3v) is 12.3. The van der Waals surface area contributed by atoms with Crippen molar-refractivity contribution in [2.24, 2.45) is 39.4 Å². The van der Waals surface area contributed by atoms with E-state index in [0.29, 0.717) is 18.6 Å². The number of carbonyl (C=O) groups excluding carboxylic acids is 2. The van der Waals surface area contributed by atoms with Gasteiger partial charge in [-0.15, -0.1) is 0 Å². The Bertz CT molecular complexity index is 1220. The van der Waals surface area contributed by atoms with Crippen LogP contribution in [0.4, 0.5) is 0 Å². The molecule has 2 bridgehead atoms. The maximum Gasteiger partial charge on any atom is 0.333 e. The molecule has 0 aromatic heterocycles. The van der Waals surface area contributed by atoms with E-state index in [2.05, 4.69) is 20.8 Å². The first-order chi connectivity index (χ1) is 17.1. The van der Waals surface area contributed by atoms with E-state index in [0.717, 1.165) is 24.8 Å². The lowest BCUT2D eigenvalue weighted by Gasteiger charge is -2.71. The molecule has 4 aliphatic carbocycles. The first-order valence-corrected chi connectivity index (χ1v) is 14.9. The number of ether oxygens (including phenoxy) is 1. The van der Waals surface area contributed by atoms with Gasteiger partial charge in [-0.2, -0.15) is 8.42 Å². The molecule has 1 aromatic rings. The molecule has 1 N–H and O–H groups in total. The van der Waals surface area contributed by atoms with E-state index in [1.807, 2.05) is 20.8 Å². The van der Waals surface area contributed by atoms with Crippen molar-refractivity contribution in [1.82, 2.24) is 0 Å². The minimum Gasteiger partial charge on any atom is -0.460 e.